The second kappa shape index (κ2) is 3.09. The highest BCUT2D eigenvalue weighted by Crippen LogP contribution is 2.08. The second-order valence-corrected chi connectivity index (χ2v) is 2.13. The predicted octanol–water partition coefficient (Wildman–Crippen LogP) is 0.470. The molecule has 0 unspecified atom stereocenters. The van der Waals surface area contributed by atoms with Gasteiger partial charge in [-0.2, -0.15) is 0 Å². The van der Waals surface area contributed by atoms with Gasteiger partial charge in [-0.05, 0) is 6.92 Å². The van der Waals surface area contributed by atoms with Crippen LogP contribution >= 0.6 is 0 Å². The topological polar surface area (TPSA) is 65.1 Å². The van der Waals surface area contributed by atoms with Crippen molar-refractivity contribution in [2.45, 2.75) is 6.92 Å². The minimum absolute atomic E-state index is 0.0752. The maximum Gasteiger partial charge on any atom is 0.267 e. The normalized spacial score (nSPS) is 9.55. The van der Waals surface area contributed by atoms with Crippen LogP contribution in [0.25, 0.3) is 0 Å². The minimum Gasteiger partial charge on any atom is -0.506 e. The fraction of sp³-hybridized carbons (Fsp3) is 0.286. The van der Waals surface area contributed by atoms with E-state index in [4.69, 9.17) is 5.11 Å². The summed E-state index contributed by atoms with van der Waals surface area (Å²) in [7, 11) is 0. The SMILES string of the molecule is CCNC(=O)c1cc(O)c[nH]1. The summed E-state index contributed by atoms with van der Waals surface area (Å²) in [6.07, 6.45) is 1.37. The molecule has 1 heterocycles. The van der Waals surface area contributed by atoms with Gasteiger partial charge in [0.25, 0.3) is 5.91 Å². The molecular formula is C7H10N2O2. The molecule has 0 aromatic carbocycles. The summed E-state index contributed by atoms with van der Waals surface area (Å²) in [5, 5.41) is 11.5. The molecule has 0 saturated carbocycles. The molecule has 4 nitrogen and oxygen atoms in total. The number of aromatic amines is 1. The largest absolute Gasteiger partial charge is 0.506 e. The average Bonchev–Trinajstić information content (AvgIpc) is 2.36. The lowest BCUT2D eigenvalue weighted by Gasteiger charge is -1.96. The number of rotatable bonds is 2. The molecule has 1 amide bonds. The first-order valence-corrected chi connectivity index (χ1v) is 3.39. The number of amides is 1. The van der Waals surface area contributed by atoms with Gasteiger partial charge in [-0.15, -0.1) is 0 Å². The average molecular weight is 154 g/mol. The fourth-order valence-corrected chi connectivity index (χ4v) is 0.770. The molecule has 0 aliphatic carbocycles. The van der Waals surface area contributed by atoms with Crippen molar-refractivity contribution in [2.75, 3.05) is 6.54 Å². The van der Waals surface area contributed by atoms with Crippen LogP contribution in [0.4, 0.5) is 0 Å². The molecule has 1 aromatic heterocycles. The first kappa shape index (κ1) is 7.65. The van der Waals surface area contributed by atoms with Gasteiger partial charge in [-0.3, -0.25) is 4.79 Å². The molecule has 0 spiro atoms. The number of H-pyrrole nitrogens is 1. The summed E-state index contributed by atoms with van der Waals surface area (Å²) >= 11 is 0. The van der Waals surface area contributed by atoms with E-state index in [-0.39, 0.29) is 11.7 Å². The van der Waals surface area contributed by atoms with Gasteiger partial charge in [-0.1, -0.05) is 0 Å². The summed E-state index contributed by atoms with van der Waals surface area (Å²) in [6, 6.07) is 1.38. The van der Waals surface area contributed by atoms with Crippen LogP contribution in [0.15, 0.2) is 12.3 Å². The van der Waals surface area contributed by atoms with E-state index in [9.17, 15) is 4.79 Å². The maximum atomic E-state index is 11.0. The van der Waals surface area contributed by atoms with E-state index < -0.39 is 0 Å². The van der Waals surface area contributed by atoms with Crippen molar-refractivity contribution in [3.63, 3.8) is 0 Å². The van der Waals surface area contributed by atoms with Crippen LogP contribution in [-0.4, -0.2) is 22.5 Å². The minimum atomic E-state index is -0.201. The van der Waals surface area contributed by atoms with Crippen LogP contribution in [-0.2, 0) is 0 Å². The first-order valence-electron chi connectivity index (χ1n) is 3.39. The molecule has 3 N–H and O–H groups in total. The number of hydrogen-bond donors (Lipinski definition) is 3. The number of nitrogens with one attached hydrogen (secondary N) is 2. The summed E-state index contributed by atoms with van der Waals surface area (Å²) in [5.74, 6) is -0.126. The summed E-state index contributed by atoms with van der Waals surface area (Å²) in [5.41, 5.74) is 0.379. The Morgan fingerprint density at radius 1 is 1.82 bits per heavy atom. The molecule has 0 aliphatic heterocycles. The van der Waals surface area contributed by atoms with Crippen LogP contribution in [0.5, 0.6) is 5.75 Å². The van der Waals surface area contributed by atoms with E-state index in [2.05, 4.69) is 10.3 Å². The van der Waals surface area contributed by atoms with Gasteiger partial charge in [0.1, 0.15) is 11.4 Å². The summed E-state index contributed by atoms with van der Waals surface area (Å²) in [4.78, 5) is 13.6. The Labute approximate surface area is 64.2 Å². The van der Waals surface area contributed by atoms with Crippen molar-refractivity contribution < 1.29 is 9.90 Å². The third-order valence-electron chi connectivity index (χ3n) is 1.25. The third kappa shape index (κ3) is 1.73. The standard InChI is InChI=1S/C7H10N2O2/c1-2-8-7(11)6-3-5(10)4-9-6/h3-4,9-10H,2H2,1H3,(H,8,11). The lowest BCUT2D eigenvalue weighted by Crippen LogP contribution is -2.22. The molecule has 4 heteroatoms. The number of hydrogen-bond acceptors (Lipinski definition) is 2. The summed E-state index contributed by atoms with van der Waals surface area (Å²) < 4.78 is 0. The molecule has 0 atom stereocenters. The molecule has 0 bridgehead atoms. The zero-order chi connectivity index (χ0) is 8.27. The fourth-order valence-electron chi connectivity index (χ4n) is 0.770. The molecule has 1 rings (SSSR count). The van der Waals surface area contributed by atoms with E-state index in [1.807, 2.05) is 6.92 Å². The van der Waals surface area contributed by atoms with E-state index in [1.54, 1.807) is 0 Å². The van der Waals surface area contributed by atoms with Crippen LogP contribution in [0.1, 0.15) is 17.4 Å². The predicted molar refractivity (Wildman–Crippen MR) is 40.5 cm³/mol. The van der Waals surface area contributed by atoms with E-state index in [0.29, 0.717) is 12.2 Å². The van der Waals surface area contributed by atoms with Gasteiger partial charge in [-0.25, -0.2) is 0 Å². The second-order valence-electron chi connectivity index (χ2n) is 2.13. The number of aromatic hydroxyl groups is 1. The first-order chi connectivity index (χ1) is 5.24. The summed E-state index contributed by atoms with van der Waals surface area (Å²) in [6.45, 7) is 2.42. The monoisotopic (exact) mass is 154 g/mol. The molecule has 1 aromatic rings. The Hall–Kier alpha value is -1.45. The molecular weight excluding hydrogens is 144 g/mol. The van der Waals surface area contributed by atoms with Crippen LogP contribution in [0.3, 0.4) is 0 Å². The maximum absolute atomic E-state index is 11.0. The van der Waals surface area contributed by atoms with Crippen molar-refractivity contribution in [1.29, 1.82) is 0 Å². The highest BCUT2D eigenvalue weighted by molar-refractivity contribution is 5.92. The van der Waals surface area contributed by atoms with Crippen molar-refractivity contribution in [3.05, 3.63) is 18.0 Å². The van der Waals surface area contributed by atoms with Gasteiger partial charge in [0.15, 0.2) is 0 Å². The third-order valence-corrected chi connectivity index (χ3v) is 1.25. The van der Waals surface area contributed by atoms with Gasteiger partial charge in [0, 0.05) is 18.8 Å². The van der Waals surface area contributed by atoms with Crippen molar-refractivity contribution in [3.8, 4) is 5.75 Å². The molecule has 0 radical (unpaired) electrons. The van der Waals surface area contributed by atoms with Crippen LogP contribution < -0.4 is 5.32 Å². The van der Waals surface area contributed by atoms with Crippen LogP contribution in [0, 0.1) is 0 Å². The van der Waals surface area contributed by atoms with Gasteiger partial charge in [0.2, 0.25) is 0 Å². The van der Waals surface area contributed by atoms with Crippen molar-refractivity contribution in [2.24, 2.45) is 0 Å². The molecule has 0 fully saturated rings. The van der Waals surface area contributed by atoms with Crippen molar-refractivity contribution >= 4 is 5.91 Å². The van der Waals surface area contributed by atoms with E-state index >= 15 is 0 Å². The van der Waals surface area contributed by atoms with Gasteiger partial charge < -0.3 is 15.4 Å². The Morgan fingerprint density at radius 2 is 2.55 bits per heavy atom. The number of aromatic nitrogens is 1. The van der Waals surface area contributed by atoms with Gasteiger partial charge >= 0.3 is 0 Å². The number of carbonyl (C=O) groups excluding carboxylic acids is 1. The lowest BCUT2D eigenvalue weighted by molar-refractivity contribution is 0.0951. The Morgan fingerprint density at radius 3 is 3.00 bits per heavy atom. The van der Waals surface area contributed by atoms with E-state index in [0.717, 1.165) is 0 Å². The van der Waals surface area contributed by atoms with E-state index in [1.165, 1.54) is 12.3 Å². The Kier molecular flexibility index (Phi) is 2.15. The Bertz CT molecular complexity index is 255. The highest BCUT2D eigenvalue weighted by atomic mass is 16.3. The Balaban J connectivity index is 2.69. The quantitative estimate of drug-likeness (QED) is 0.579. The molecule has 0 saturated heterocycles. The molecule has 11 heavy (non-hydrogen) atoms. The van der Waals surface area contributed by atoms with Crippen LogP contribution in [0.2, 0.25) is 0 Å². The molecule has 0 aliphatic rings. The zero-order valence-corrected chi connectivity index (χ0v) is 6.22. The smallest absolute Gasteiger partial charge is 0.267 e. The highest BCUT2D eigenvalue weighted by Gasteiger charge is 2.05. The van der Waals surface area contributed by atoms with Crippen molar-refractivity contribution in [1.82, 2.24) is 10.3 Å². The van der Waals surface area contributed by atoms with Gasteiger partial charge in [0.05, 0.1) is 0 Å². The number of carbonyl (C=O) groups is 1. The zero-order valence-electron chi connectivity index (χ0n) is 6.22. The lowest BCUT2D eigenvalue weighted by atomic mass is 10.4. The molecule has 60 valence electrons.